The van der Waals surface area contributed by atoms with Crippen molar-refractivity contribution in [1.82, 2.24) is 19.4 Å². The van der Waals surface area contributed by atoms with Crippen LogP contribution in [0.2, 0.25) is 0 Å². The molecule has 0 radical (unpaired) electrons. The van der Waals surface area contributed by atoms with Gasteiger partial charge in [-0.2, -0.15) is 0 Å². The molecule has 128 valence electrons. The quantitative estimate of drug-likeness (QED) is 0.797. The van der Waals surface area contributed by atoms with Crippen molar-refractivity contribution in [3.8, 4) is 0 Å². The van der Waals surface area contributed by atoms with Gasteiger partial charge in [0.1, 0.15) is 0 Å². The Morgan fingerprint density at radius 1 is 1.26 bits per heavy atom. The maximum atomic E-state index is 12.8. The number of ether oxygens (including phenoxy) is 1. The van der Waals surface area contributed by atoms with E-state index in [0.29, 0.717) is 12.5 Å². The number of piperidine rings is 1. The van der Waals surface area contributed by atoms with Crippen molar-refractivity contribution in [1.29, 1.82) is 0 Å². The molecule has 0 aromatic carbocycles. The van der Waals surface area contributed by atoms with Gasteiger partial charge in [-0.15, -0.1) is 0 Å². The first-order valence-corrected chi connectivity index (χ1v) is 8.80. The zero-order valence-corrected chi connectivity index (χ0v) is 14.1. The van der Waals surface area contributed by atoms with Crippen LogP contribution in [0.3, 0.4) is 0 Å². The molecule has 2 fully saturated rings. The van der Waals surface area contributed by atoms with Crippen LogP contribution in [0.1, 0.15) is 37.8 Å². The number of imidazole rings is 1. The summed E-state index contributed by atoms with van der Waals surface area (Å²) >= 11 is 0. The number of carbonyl (C=O) groups is 1. The highest BCUT2D eigenvalue weighted by Crippen LogP contribution is 2.23. The third kappa shape index (κ3) is 3.93. The second-order valence-electron chi connectivity index (χ2n) is 6.59. The third-order valence-electron chi connectivity index (χ3n) is 5.02. The Hall–Kier alpha value is -1.40. The van der Waals surface area contributed by atoms with E-state index in [1.54, 1.807) is 7.11 Å². The fourth-order valence-corrected chi connectivity index (χ4v) is 3.70. The van der Waals surface area contributed by atoms with Crippen molar-refractivity contribution in [2.45, 2.75) is 51.2 Å². The molecule has 23 heavy (non-hydrogen) atoms. The van der Waals surface area contributed by atoms with Crippen molar-refractivity contribution in [2.75, 3.05) is 33.4 Å². The molecule has 1 atom stereocenters. The zero-order chi connectivity index (χ0) is 16.1. The van der Waals surface area contributed by atoms with Gasteiger partial charge in [0.15, 0.2) is 0 Å². The van der Waals surface area contributed by atoms with Gasteiger partial charge in [-0.25, -0.2) is 4.98 Å². The molecule has 2 aliphatic heterocycles. The van der Waals surface area contributed by atoms with Gasteiger partial charge in [-0.3, -0.25) is 9.69 Å². The lowest BCUT2D eigenvalue weighted by atomic mass is 10.1. The lowest BCUT2D eigenvalue weighted by Gasteiger charge is -2.32. The zero-order valence-electron chi connectivity index (χ0n) is 14.1. The molecular weight excluding hydrogens is 292 g/mol. The van der Waals surface area contributed by atoms with Crippen molar-refractivity contribution < 1.29 is 9.53 Å². The first-order valence-electron chi connectivity index (χ1n) is 8.80. The van der Waals surface area contributed by atoms with E-state index in [1.807, 2.05) is 12.5 Å². The number of methoxy groups -OCH3 is 1. The molecule has 0 aliphatic carbocycles. The molecule has 1 aromatic heterocycles. The second-order valence-corrected chi connectivity index (χ2v) is 6.59. The Labute approximate surface area is 138 Å². The summed E-state index contributed by atoms with van der Waals surface area (Å²) in [6.07, 6.45) is 9.43. The van der Waals surface area contributed by atoms with E-state index in [2.05, 4.69) is 19.4 Å². The van der Waals surface area contributed by atoms with Crippen LogP contribution >= 0.6 is 0 Å². The van der Waals surface area contributed by atoms with E-state index in [0.717, 1.165) is 58.4 Å². The molecule has 3 heterocycles. The number of aromatic nitrogens is 2. The summed E-state index contributed by atoms with van der Waals surface area (Å²) in [6.45, 7) is 5.17. The molecule has 0 bridgehead atoms. The summed E-state index contributed by atoms with van der Waals surface area (Å²) in [5.74, 6) is 0.338. The minimum Gasteiger partial charge on any atom is -0.383 e. The fraction of sp³-hybridized carbons (Fsp3) is 0.765. The van der Waals surface area contributed by atoms with E-state index >= 15 is 0 Å². The van der Waals surface area contributed by atoms with Gasteiger partial charge in [0, 0.05) is 39.5 Å². The Morgan fingerprint density at radius 3 is 2.87 bits per heavy atom. The first-order chi connectivity index (χ1) is 11.3. The van der Waals surface area contributed by atoms with Crippen molar-refractivity contribution >= 4 is 5.91 Å². The summed E-state index contributed by atoms with van der Waals surface area (Å²) in [5, 5.41) is 0. The van der Waals surface area contributed by atoms with Crippen LogP contribution in [0.4, 0.5) is 0 Å². The summed E-state index contributed by atoms with van der Waals surface area (Å²) < 4.78 is 7.29. The van der Waals surface area contributed by atoms with Crippen LogP contribution in [0.5, 0.6) is 0 Å². The molecular formula is C17H28N4O2. The van der Waals surface area contributed by atoms with Crippen molar-refractivity contribution in [3.63, 3.8) is 0 Å². The van der Waals surface area contributed by atoms with Gasteiger partial charge in [-0.05, 0) is 38.6 Å². The molecule has 0 spiro atoms. The maximum absolute atomic E-state index is 12.8. The molecule has 0 saturated carbocycles. The van der Waals surface area contributed by atoms with Crippen LogP contribution in [-0.2, 0) is 22.6 Å². The van der Waals surface area contributed by atoms with Crippen LogP contribution < -0.4 is 0 Å². The van der Waals surface area contributed by atoms with Crippen LogP contribution in [0.15, 0.2) is 12.5 Å². The van der Waals surface area contributed by atoms with Gasteiger partial charge in [0.25, 0.3) is 0 Å². The fourth-order valence-electron chi connectivity index (χ4n) is 3.70. The number of hydrogen-bond acceptors (Lipinski definition) is 4. The topological polar surface area (TPSA) is 50.6 Å². The van der Waals surface area contributed by atoms with E-state index in [4.69, 9.17) is 4.74 Å². The Morgan fingerprint density at radius 2 is 2.09 bits per heavy atom. The number of nitrogens with zero attached hydrogens (tertiary/aromatic N) is 4. The molecule has 1 aromatic rings. The lowest BCUT2D eigenvalue weighted by molar-refractivity contribution is -0.137. The summed E-state index contributed by atoms with van der Waals surface area (Å²) in [5.41, 5.74) is 1.17. The predicted octanol–water partition coefficient (Wildman–Crippen LogP) is 1.51. The molecule has 0 unspecified atom stereocenters. The number of rotatable bonds is 6. The number of hydrogen-bond donors (Lipinski definition) is 0. The van der Waals surface area contributed by atoms with Gasteiger partial charge < -0.3 is 14.2 Å². The molecule has 2 saturated heterocycles. The van der Waals surface area contributed by atoms with Gasteiger partial charge in [0.2, 0.25) is 5.91 Å². The molecule has 1 amide bonds. The van der Waals surface area contributed by atoms with Crippen molar-refractivity contribution in [2.24, 2.45) is 0 Å². The largest absolute Gasteiger partial charge is 0.383 e. The number of carbonyl (C=O) groups excluding carboxylic acids is 1. The molecule has 0 N–H and O–H groups in total. The Bertz CT molecular complexity index is 510. The SMILES string of the molecule is COCCn1cncc1CN1CCC[C@H]1C(=O)N1CCCCC1. The Balaban J connectivity index is 1.62. The molecule has 6 heteroatoms. The summed E-state index contributed by atoms with van der Waals surface area (Å²) in [6, 6.07) is 0.0545. The first kappa shape index (κ1) is 16.5. The van der Waals surface area contributed by atoms with E-state index < -0.39 is 0 Å². The van der Waals surface area contributed by atoms with Gasteiger partial charge >= 0.3 is 0 Å². The van der Waals surface area contributed by atoms with E-state index in [-0.39, 0.29) is 6.04 Å². The maximum Gasteiger partial charge on any atom is 0.239 e. The molecule has 2 aliphatic rings. The highest BCUT2D eigenvalue weighted by Gasteiger charge is 2.34. The van der Waals surface area contributed by atoms with Crippen molar-refractivity contribution in [3.05, 3.63) is 18.2 Å². The Kier molecular flexibility index (Phi) is 5.67. The third-order valence-corrected chi connectivity index (χ3v) is 5.02. The highest BCUT2D eigenvalue weighted by molar-refractivity contribution is 5.82. The van der Waals surface area contributed by atoms with Crippen LogP contribution in [0.25, 0.3) is 0 Å². The van der Waals surface area contributed by atoms with E-state index in [9.17, 15) is 4.79 Å². The average molecular weight is 320 g/mol. The predicted molar refractivity (Wildman–Crippen MR) is 88.0 cm³/mol. The smallest absolute Gasteiger partial charge is 0.239 e. The van der Waals surface area contributed by atoms with Crippen LogP contribution in [-0.4, -0.2) is 64.7 Å². The highest BCUT2D eigenvalue weighted by atomic mass is 16.5. The number of likely N-dealkylation sites (tertiary alicyclic amines) is 2. The van der Waals surface area contributed by atoms with Gasteiger partial charge in [-0.1, -0.05) is 0 Å². The second kappa shape index (κ2) is 7.93. The lowest BCUT2D eigenvalue weighted by Crippen LogP contribution is -2.47. The van der Waals surface area contributed by atoms with Crippen LogP contribution in [0, 0.1) is 0 Å². The minimum atomic E-state index is 0.0545. The number of amides is 1. The normalized spacial score (nSPS) is 22.7. The standard InChI is InChI=1S/C17H28N4O2/c1-23-11-10-21-14-18-12-15(21)13-20-9-5-6-16(20)17(22)19-7-3-2-4-8-19/h12,14,16H,2-11,13H2,1H3/t16-/m0/s1. The minimum absolute atomic E-state index is 0.0545. The van der Waals surface area contributed by atoms with Gasteiger partial charge in [0.05, 0.1) is 24.7 Å². The average Bonchev–Trinajstić information content (AvgIpc) is 3.23. The molecule has 6 nitrogen and oxygen atoms in total. The summed E-state index contributed by atoms with van der Waals surface area (Å²) in [4.78, 5) is 21.5. The van der Waals surface area contributed by atoms with E-state index in [1.165, 1.54) is 12.1 Å². The summed E-state index contributed by atoms with van der Waals surface area (Å²) in [7, 11) is 1.71. The monoisotopic (exact) mass is 320 g/mol. The molecule has 3 rings (SSSR count).